The molecule has 0 bridgehead atoms. The van der Waals surface area contributed by atoms with E-state index in [2.05, 4.69) is 37.8 Å². The monoisotopic (exact) mass is 440 g/mol. The molecule has 0 spiro atoms. The zero-order chi connectivity index (χ0) is 15.3. The van der Waals surface area contributed by atoms with Crippen LogP contribution in [0.15, 0.2) is 42.5 Å². The predicted octanol–water partition coefficient (Wildman–Crippen LogP) is 4.86. The second kappa shape index (κ2) is 5.33. The number of hydrogen-bond acceptors (Lipinski definition) is 3. The summed E-state index contributed by atoms with van der Waals surface area (Å²) in [6.07, 6.45) is 0. The lowest BCUT2D eigenvalue weighted by atomic mass is 10.2. The minimum atomic E-state index is 0.319. The van der Waals surface area contributed by atoms with Crippen LogP contribution >= 0.6 is 45.8 Å². The third kappa shape index (κ3) is 2.15. The van der Waals surface area contributed by atoms with Gasteiger partial charge in [-0.25, -0.2) is 4.98 Å². The Labute approximate surface area is 149 Å². The van der Waals surface area contributed by atoms with Crippen molar-refractivity contribution in [1.82, 2.24) is 19.6 Å². The maximum absolute atomic E-state index is 6.25. The Morgan fingerprint density at radius 2 is 1.82 bits per heavy atom. The summed E-state index contributed by atoms with van der Waals surface area (Å²) in [5.74, 6) is 0.719. The van der Waals surface area contributed by atoms with Crippen LogP contribution in [0.25, 0.3) is 28.1 Å². The number of aromatic nitrogens is 4. The summed E-state index contributed by atoms with van der Waals surface area (Å²) in [5, 5.41) is 9.44. The summed E-state index contributed by atoms with van der Waals surface area (Å²) in [5.41, 5.74) is 3.07. The summed E-state index contributed by atoms with van der Waals surface area (Å²) in [6.45, 7) is 0. The van der Waals surface area contributed by atoms with E-state index in [9.17, 15) is 0 Å². The molecule has 0 aliphatic carbocycles. The highest BCUT2D eigenvalue weighted by molar-refractivity contribution is 14.1. The van der Waals surface area contributed by atoms with Gasteiger partial charge in [0.05, 0.1) is 11.0 Å². The summed E-state index contributed by atoms with van der Waals surface area (Å²) in [6, 6.07) is 13.4. The van der Waals surface area contributed by atoms with Crippen LogP contribution in [0.2, 0.25) is 10.2 Å². The van der Waals surface area contributed by atoms with Crippen LogP contribution < -0.4 is 0 Å². The molecule has 4 aromatic rings. The third-order valence-electron chi connectivity index (χ3n) is 3.36. The molecule has 0 radical (unpaired) electrons. The number of hydrogen-bond donors (Lipinski definition) is 0. The molecule has 0 fully saturated rings. The van der Waals surface area contributed by atoms with E-state index in [1.807, 2.05) is 40.8 Å². The first-order chi connectivity index (χ1) is 10.6. The zero-order valence-electron chi connectivity index (χ0n) is 11.0. The molecule has 0 saturated carbocycles. The molecule has 7 heteroatoms. The van der Waals surface area contributed by atoms with Gasteiger partial charge < -0.3 is 0 Å². The van der Waals surface area contributed by atoms with E-state index in [1.165, 1.54) is 0 Å². The fourth-order valence-electron chi connectivity index (χ4n) is 2.39. The first-order valence-corrected chi connectivity index (χ1v) is 8.23. The van der Waals surface area contributed by atoms with Gasteiger partial charge in [0.2, 0.25) is 0 Å². The van der Waals surface area contributed by atoms with Crippen LogP contribution in [0, 0.1) is 3.57 Å². The maximum atomic E-state index is 6.25. The van der Waals surface area contributed by atoms with Crippen molar-refractivity contribution >= 4 is 62.5 Å². The lowest BCUT2D eigenvalue weighted by molar-refractivity contribution is 1.11. The molecule has 108 valence electrons. The Kier molecular flexibility index (Phi) is 3.43. The molecule has 0 amide bonds. The molecule has 2 aromatic carbocycles. The Balaban J connectivity index is 2.19. The first-order valence-electron chi connectivity index (χ1n) is 6.40. The normalized spacial score (nSPS) is 11.4. The predicted molar refractivity (Wildman–Crippen MR) is 96.5 cm³/mol. The Morgan fingerprint density at radius 1 is 1.00 bits per heavy atom. The Bertz CT molecular complexity index is 1030. The highest BCUT2D eigenvalue weighted by Crippen LogP contribution is 2.30. The van der Waals surface area contributed by atoms with Crippen molar-refractivity contribution < 1.29 is 0 Å². The van der Waals surface area contributed by atoms with Crippen LogP contribution in [0.1, 0.15) is 0 Å². The van der Waals surface area contributed by atoms with Crippen LogP contribution in [-0.4, -0.2) is 19.6 Å². The Hall–Kier alpha value is -1.44. The van der Waals surface area contributed by atoms with E-state index < -0.39 is 0 Å². The number of halogens is 3. The first kappa shape index (κ1) is 14.2. The molecule has 2 aromatic heterocycles. The lowest BCUT2D eigenvalue weighted by Crippen LogP contribution is -1.96. The van der Waals surface area contributed by atoms with Gasteiger partial charge in [0, 0.05) is 14.2 Å². The van der Waals surface area contributed by atoms with E-state index in [1.54, 1.807) is 6.07 Å². The third-order valence-corrected chi connectivity index (χ3v) is 4.79. The van der Waals surface area contributed by atoms with Crippen molar-refractivity contribution in [2.24, 2.45) is 0 Å². The number of fused-ring (bicyclic) bond motifs is 3. The SMILES string of the molecule is Clc1ccc2nc(Cl)c3nnc(-c4ccccc4I)n3c2c1. The van der Waals surface area contributed by atoms with Gasteiger partial charge in [-0.05, 0) is 46.9 Å². The Morgan fingerprint density at radius 3 is 2.64 bits per heavy atom. The molecule has 22 heavy (non-hydrogen) atoms. The van der Waals surface area contributed by atoms with Gasteiger partial charge in [-0.15, -0.1) is 10.2 Å². The summed E-state index contributed by atoms with van der Waals surface area (Å²) in [7, 11) is 0. The molecule has 4 rings (SSSR count). The topological polar surface area (TPSA) is 43.1 Å². The minimum absolute atomic E-state index is 0.319. The van der Waals surface area contributed by atoms with Gasteiger partial charge >= 0.3 is 0 Å². The summed E-state index contributed by atoms with van der Waals surface area (Å²) >= 11 is 14.7. The number of benzene rings is 2. The van der Waals surface area contributed by atoms with E-state index in [-0.39, 0.29) is 0 Å². The van der Waals surface area contributed by atoms with Gasteiger partial charge in [0.25, 0.3) is 0 Å². The van der Waals surface area contributed by atoms with Crippen LogP contribution in [0.5, 0.6) is 0 Å². The summed E-state index contributed by atoms with van der Waals surface area (Å²) in [4.78, 5) is 4.36. The fourth-order valence-corrected chi connectivity index (χ4v) is 3.40. The van der Waals surface area contributed by atoms with Crippen molar-refractivity contribution in [2.45, 2.75) is 0 Å². The van der Waals surface area contributed by atoms with E-state index >= 15 is 0 Å². The molecule has 4 nitrogen and oxygen atoms in total. The van der Waals surface area contributed by atoms with Crippen LogP contribution in [0.4, 0.5) is 0 Å². The average Bonchev–Trinajstić information content (AvgIpc) is 2.94. The fraction of sp³-hybridized carbons (Fsp3) is 0. The quantitative estimate of drug-likeness (QED) is 0.397. The molecular formula is C15H7Cl2IN4. The summed E-state index contributed by atoms with van der Waals surface area (Å²) < 4.78 is 2.98. The molecule has 0 aliphatic heterocycles. The highest BCUT2D eigenvalue weighted by Gasteiger charge is 2.16. The molecule has 0 N–H and O–H groups in total. The molecule has 2 heterocycles. The average molecular weight is 441 g/mol. The van der Waals surface area contributed by atoms with Gasteiger partial charge in [-0.3, -0.25) is 4.40 Å². The minimum Gasteiger partial charge on any atom is -0.271 e. The van der Waals surface area contributed by atoms with Gasteiger partial charge in [0.15, 0.2) is 16.6 Å². The van der Waals surface area contributed by atoms with Crippen molar-refractivity contribution in [1.29, 1.82) is 0 Å². The molecule has 0 atom stereocenters. The van der Waals surface area contributed by atoms with Crippen molar-refractivity contribution in [3.05, 3.63) is 56.2 Å². The second-order valence-corrected chi connectivity index (χ2v) is 6.65. The van der Waals surface area contributed by atoms with Gasteiger partial charge in [0.1, 0.15) is 0 Å². The largest absolute Gasteiger partial charge is 0.271 e. The second-order valence-electron chi connectivity index (χ2n) is 4.70. The van der Waals surface area contributed by atoms with E-state index in [4.69, 9.17) is 23.2 Å². The van der Waals surface area contributed by atoms with Gasteiger partial charge in [-0.1, -0.05) is 41.4 Å². The van der Waals surface area contributed by atoms with Crippen LogP contribution in [-0.2, 0) is 0 Å². The molecule has 0 saturated heterocycles. The smallest absolute Gasteiger partial charge is 0.199 e. The number of rotatable bonds is 1. The zero-order valence-corrected chi connectivity index (χ0v) is 14.6. The van der Waals surface area contributed by atoms with Crippen molar-refractivity contribution in [2.75, 3.05) is 0 Å². The van der Waals surface area contributed by atoms with Crippen molar-refractivity contribution in [3.8, 4) is 11.4 Å². The van der Waals surface area contributed by atoms with Gasteiger partial charge in [-0.2, -0.15) is 0 Å². The molecular weight excluding hydrogens is 434 g/mol. The highest BCUT2D eigenvalue weighted by atomic mass is 127. The molecule has 0 aliphatic rings. The number of nitrogens with zero attached hydrogens (tertiary/aromatic N) is 4. The van der Waals surface area contributed by atoms with Crippen LogP contribution in [0.3, 0.4) is 0 Å². The lowest BCUT2D eigenvalue weighted by Gasteiger charge is -2.07. The maximum Gasteiger partial charge on any atom is 0.199 e. The van der Waals surface area contributed by atoms with Crippen molar-refractivity contribution in [3.63, 3.8) is 0 Å². The van der Waals surface area contributed by atoms with E-state index in [0.717, 1.165) is 26.0 Å². The molecule has 0 unspecified atom stereocenters. The van der Waals surface area contributed by atoms with E-state index in [0.29, 0.717) is 15.8 Å². The standard InChI is InChI=1S/C15H7Cl2IN4/c16-8-5-6-11-12(7-8)22-14(9-3-1-2-4-10(9)18)20-21-15(22)13(17)19-11/h1-7H.